The Kier molecular flexibility index (Phi) is 3.21. The molecule has 0 aromatic carbocycles. The molecule has 2 N–H and O–H groups in total. The first-order valence-electron chi connectivity index (χ1n) is 5.26. The number of rotatable bonds is 3. The summed E-state index contributed by atoms with van der Waals surface area (Å²) in [5.74, 6) is -0.376. The summed E-state index contributed by atoms with van der Waals surface area (Å²) in [5.41, 5.74) is 0.730. The highest BCUT2D eigenvalue weighted by Crippen LogP contribution is 2.19. The molecule has 2 heterocycles. The highest BCUT2D eigenvalue weighted by atomic mass is 16.5. The Hall–Kier alpha value is -1.40. The van der Waals surface area contributed by atoms with Crippen LogP contribution in [0.25, 0.3) is 0 Å². The number of hydrogen-bond donors (Lipinski definition) is 2. The highest BCUT2D eigenvalue weighted by Gasteiger charge is 2.24. The van der Waals surface area contributed by atoms with Crippen LogP contribution in [-0.2, 0) is 12.8 Å². The van der Waals surface area contributed by atoms with Crippen molar-refractivity contribution in [1.82, 2.24) is 10.1 Å². The van der Waals surface area contributed by atoms with Crippen LogP contribution in [0.3, 0.4) is 0 Å². The molecule has 1 aliphatic heterocycles. The molecular formula is C10H14N2O4. The Labute approximate surface area is 92.5 Å². The van der Waals surface area contributed by atoms with E-state index >= 15 is 0 Å². The lowest BCUT2D eigenvalue weighted by Gasteiger charge is -2.17. The van der Waals surface area contributed by atoms with E-state index in [4.69, 9.17) is 14.7 Å². The third-order valence-corrected chi connectivity index (χ3v) is 2.82. The second-order valence-corrected chi connectivity index (χ2v) is 3.80. The van der Waals surface area contributed by atoms with Crippen molar-refractivity contribution in [2.45, 2.75) is 12.8 Å². The number of β-amino-alcohol motifs (C(OH)–C–C–N with tert-alkyl or cyclic N) is 1. The molecule has 1 aromatic heterocycles. The maximum absolute atomic E-state index is 10.9. The van der Waals surface area contributed by atoms with Crippen molar-refractivity contribution in [3.05, 3.63) is 17.0 Å². The zero-order chi connectivity index (χ0) is 11.5. The number of carbonyl (C=O) groups is 1. The van der Waals surface area contributed by atoms with E-state index in [1.165, 1.54) is 0 Å². The lowest BCUT2D eigenvalue weighted by molar-refractivity contribution is 0.0684. The molecule has 0 unspecified atom stereocenters. The summed E-state index contributed by atoms with van der Waals surface area (Å²) in [6.07, 6.45) is 1.26. The van der Waals surface area contributed by atoms with Crippen LogP contribution >= 0.6 is 0 Å². The molecule has 88 valence electrons. The summed E-state index contributed by atoms with van der Waals surface area (Å²) in [4.78, 5) is 13.0. The Balaban J connectivity index is 2.15. The van der Waals surface area contributed by atoms with Crippen molar-refractivity contribution in [2.24, 2.45) is 0 Å². The number of hydrogen-bond acceptors (Lipinski definition) is 5. The van der Waals surface area contributed by atoms with Gasteiger partial charge in [-0.2, -0.15) is 0 Å². The number of nitrogens with zero attached hydrogens (tertiary/aromatic N) is 2. The van der Waals surface area contributed by atoms with Gasteiger partial charge in [-0.1, -0.05) is 5.16 Å². The predicted octanol–water partition coefficient (Wildman–Crippen LogP) is -0.234. The van der Waals surface area contributed by atoms with Gasteiger partial charge in [0.15, 0.2) is 5.69 Å². The largest absolute Gasteiger partial charge is 0.476 e. The zero-order valence-corrected chi connectivity index (χ0v) is 8.85. The second kappa shape index (κ2) is 4.63. The SMILES string of the molecule is O=C(O)c1noc2c1CCN(CCO)CC2. The molecule has 0 radical (unpaired) electrons. The average Bonchev–Trinajstić information content (AvgIpc) is 2.56. The molecule has 1 aromatic rings. The molecule has 0 saturated heterocycles. The summed E-state index contributed by atoms with van der Waals surface area (Å²) in [6, 6.07) is 0. The minimum atomic E-state index is -1.04. The normalized spacial score (nSPS) is 16.8. The molecule has 16 heavy (non-hydrogen) atoms. The van der Waals surface area contributed by atoms with Gasteiger partial charge in [0.05, 0.1) is 6.61 Å². The van der Waals surface area contributed by atoms with Crippen LogP contribution < -0.4 is 0 Å². The van der Waals surface area contributed by atoms with Gasteiger partial charge in [-0.05, 0) is 6.42 Å². The molecule has 6 heteroatoms. The van der Waals surface area contributed by atoms with Gasteiger partial charge in [0, 0.05) is 31.6 Å². The fourth-order valence-electron chi connectivity index (χ4n) is 1.97. The minimum Gasteiger partial charge on any atom is -0.476 e. The number of aromatic carboxylic acids is 1. The Morgan fingerprint density at radius 3 is 2.88 bits per heavy atom. The van der Waals surface area contributed by atoms with Gasteiger partial charge in [0.1, 0.15) is 5.76 Å². The van der Waals surface area contributed by atoms with Gasteiger partial charge in [0.25, 0.3) is 0 Å². The first-order valence-corrected chi connectivity index (χ1v) is 5.26. The first kappa shape index (κ1) is 11.1. The predicted molar refractivity (Wildman–Crippen MR) is 54.4 cm³/mol. The number of carboxylic acid groups (broad SMARTS) is 1. The van der Waals surface area contributed by atoms with Crippen LogP contribution in [0.4, 0.5) is 0 Å². The van der Waals surface area contributed by atoms with Crippen LogP contribution in [0.2, 0.25) is 0 Å². The quantitative estimate of drug-likeness (QED) is 0.740. The maximum atomic E-state index is 10.9. The first-order chi connectivity index (χ1) is 7.72. The number of carboxylic acids is 1. The van der Waals surface area contributed by atoms with Gasteiger partial charge in [-0.25, -0.2) is 4.79 Å². The maximum Gasteiger partial charge on any atom is 0.358 e. The van der Waals surface area contributed by atoms with E-state index < -0.39 is 5.97 Å². The number of fused-ring (bicyclic) bond motifs is 1. The van der Waals surface area contributed by atoms with Crippen LogP contribution in [0, 0.1) is 0 Å². The van der Waals surface area contributed by atoms with Gasteiger partial charge in [0.2, 0.25) is 0 Å². The average molecular weight is 226 g/mol. The molecule has 0 aliphatic carbocycles. The van der Waals surface area contributed by atoms with Crippen LogP contribution in [0.15, 0.2) is 4.52 Å². The van der Waals surface area contributed by atoms with Gasteiger partial charge in [-0.15, -0.1) is 0 Å². The summed E-state index contributed by atoms with van der Waals surface area (Å²) in [6.45, 7) is 2.22. The minimum absolute atomic E-state index is 0.0286. The standard InChI is InChI=1S/C10H14N2O4/c13-6-5-12-3-1-7-8(2-4-12)16-11-9(7)10(14)15/h13H,1-6H2,(H,14,15). The molecule has 0 atom stereocenters. The lowest BCUT2D eigenvalue weighted by Crippen LogP contribution is -2.29. The summed E-state index contributed by atoms with van der Waals surface area (Å²) in [5, 5.41) is 21.3. The van der Waals surface area contributed by atoms with E-state index in [9.17, 15) is 4.79 Å². The van der Waals surface area contributed by atoms with Crippen LogP contribution in [0.5, 0.6) is 0 Å². The third kappa shape index (κ3) is 2.07. The molecular weight excluding hydrogens is 212 g/mol. The van der Waals surface area contributed by atoms with Gasteiger partial charge >= 0.3 is 5.97 Å². The Morgan fingerprint density at radius 2 is 2.19 bits per heavy atom. The van der Waals surface area contributed by atoms with E-state index in [0.29, 0.717) is 30.7 Å². The Bertz CT molecular complexity index is 388. The van der Waals surface area contributed by atoms with E-state index in [1.807, 2.05) is 0 Å². The van der Waals surface area contributed by atoms with Gasteiger partial charge in [-0.3, -0.25) is 0 Å². The molecule has 0 amide bonds. The van der Waals surface area contributed by atoms with Crippen molar-refractivity contribution < 1.29 is 19.5 Å². The van der Waals surface area contributed by atoms with E-state index in [-0.39, 0.29) is 12.3 Å². The fourth-order valence-corrected chi connectivity index (χ4v) is 1.97. The smallest absolute Gasteiger partial charge is 0.358 e. The molecule has 6 nitrogen and oxygen atoms in total. The topological polar surface area (TPSA) is 86.8 Å². The van der Waals surface area contributed by atoms with E-state index in [0.717, 1.165) is 13.1 Å². The van der Waals surface area contributed by atoms with Crippen molar-refractivity contribution in [3.8, 4) is 0 Å². The van der Waals surface area contributed by atoms with Crippen LogP contribution in [0.1, 0.15) is 21.8 Å². The molecule has 0 saturated carbocycles. The fraction of sp³-hybridized carbons (Fsp3) is 0.600. The molecule has 0 fully saturated rings. The monoisotopic (exact) mass is 226 g/mol. The van der Waals surface area contributed by atoms with Crippen molar-refractivity contribution >= 4 is 5.97 Å². The van der Waals surface area contributed by atoms with Crippen molar-refractivity contribution in [3.63, 3.8) is 0 Å². The number of aliphatic hydroxyl groups excluding tert-OH is 1. The number of aliphatic hydroxyl groups is 1. The van der Waals surface area contributed by atoms with E-state index in [2.05, 4.69) is 10.1 Å². The summed E-state index contributed by atoms with van der Waals surface area (Å²) >= 11 is 0. The van der Waals surface area contributed by atoms with Gasteiger partial charge < -0.3 is 19.6 Å². The highest BCUT2D eigenvalue weighted by molar-refractivity contribution is 5.87. The van der Waals surface area contributed by atoms with Crippen molar-refractivity contribution in [2.75, 3.05) is 26.2 Å². The van der Waals surface area contributed by atoms with Crippen LogP contribution in [-0.4, -0.2) is 52.5 Å². The second-order valence-electron chi connectivity index (χ2n) is 3.80. The van der Waals surface area contributed by atoms with E-state index in [1.54, 1.807) is 0 Å². The van der Waals surface area contributed by atoms with Crippen molar-refractivity contribution in [1.29, 1.82) is 0 Å². The Morgan fingerprint density at radius 1 is 1.44 bits per heavy atom. The zero-order valence-electron chi connectivity index (χ0n) is 8.85. The molecule has 2 rings (SSSR count). The summed E-state index contributed by atoms with van der Waals surface area (Å²) in [7, 11) is 0. The lowest BCUT2D eigenvalue weighted by atomic mass is 10.1. The number of aromatic nitrogens is 1. The molecule has 1 aliphatic rings. The third-order valence-electron chi connectivity index (χ3n) is 2.82. The summed E-state index contributed by atoms with van der Waals surface area (Å²) < 4.78 is 5.03. The molecule has 0 spiro atoms. The molecule has 0 bridgehead atoms.